The molecule has 0 unspecified atom stereocenters. The molecule has 28 heavy (non-hydrogen) atoms. The summed E-state index contributed by atoms with van der Waals surface area (Å²) < 4.78 is 1.67. The number of hydrogen-bond donors (Lipinski definition) is 3. The van der Waals surface area contributed by atoms with Crippen molar-refractivity contribution < 1.29 is 9.90 Å². The number of aromatic nitrogens is 3. The molecule has 1 aromatic heterocycles. The van der Waals surface area contributed by atoms with Crippen LogP contribution in [-0.2, 0) is 10.5 Å². The Morgan fingerprint density at radius 3 is 2.61 bits per heavy atom. The molecule has 7 nitrogen and oxygen atoms in total. The van der Waals surface area contributed by atoms with Crippen molar-refractivity contribution in [3.8, 4) is 5.75 Å². The number of amides is 1. The summed E-state index contributed by atoms with van der Waals surface area (Å²) in [6.45, 7) is 1.79. The van der Waals surface area contributed by atoms with E-state index in [4.69, 9.17) is 5.73 Å². The summed E-state index contributed by atoms with van der Waals surface area (Å²) >= 11 is 1.52. The largest absolute Gasteiger partial charge is 0.508 e. The molecule has 142 valence electrons. The predicted molar refractivity (Wildman–Crippen MR) is 108 cm³/mol. The number of nitrogens with two attached hydrogens (primary N) is 1. The van der Waals surface area contributed by atoms with Crippen LogP contribution >= 0.6 is 11.8 Å². The molecule has 0 saturated heterocycles. The van der Waals surface area contributed by atoms with Gasteiger partial charge in [-0.1, -0.05) is 54.2 Å². The smallest absolute Gasteiger partial charge is 0.248 e. The van der Waals surface area contributed by atoms with Crippen molar-refractivity contribution in [3.05, 3.63) is 77.0 Å². The van der Waals surface area contributed by atoms with E-state index in [1.165, 1.54) is 17.3 Å². The van der Waals surface area contributed by atoms with Gasteiger partial charge in [-0.15, -0.1) is 5.10 Å². The SMILES string of the molecule is CC1=C(C(N)=O)[C@@H](c2ccc(O)cc2)n2nc(SCc3ccccc3)nc2N1. The van der Waals surface area contributed by atoms with Crippen molar-refractivity contribution in [1.82, 2.24) is 14.8 Å². The van der Waals surface area contributed by atoms with Crippen LogP contribution in [0.2, 0.25) is 0 Å². The molecule has 4 rings (SSSR count). The minimum Gasteiger partial charge on any atom is -0.508 e. The lowest BCUT2D eigenvalue weighted by Gasteiger charge is -2.27. The predicted octanol–water partition coefficient (Wildman–Crippen LogP) is 3.05. The molecule has 2 aromatic carbocycles. The Balaban J connectivity index is 1.69. The highest BCUT2D eigenvalue weighted by atomic mass is 32.2. The number of rotatable bonds is 5. The number of primary amides is 1. The number of hydrogen-bond acceptors (Lipinski definition) is 6. The van der Waals surface area contributed by atoms with Gasteiger partial charge in [-0.2, -0.15) is 4.98 Å². The number of phenolic OH excluding ortho intramolecular Hbond substituents is 1. The Hall–Kier alpha value is -3.26. The fraction of sp³-hybridized carbons (Fsp3) is 0.150. The molecule has 0 spiro atoms. The lowest BCUT2D eigenvalue weighted by molar-refractivity contribution is -0.115. The second-order valence-electron chi connectivity index (χ2n) is 6.46. The zero-order valence-electron chi connectivity index (χ0n) is 15.2. The Kier molecular flexibility index (Phi) is 4.79. The first-order chi connectivity index (χ1) is 13.5. The number of carbonyl (C=O) groups excluding carboxylic acids is 1. The highest BCUT2D eigenvalue weighted by Gasteiger charge is 2.33. The van der Waals surface area contributed by atoms with Crippen LogP contribution in [0.15, 0.2) is 71.0 Å². The summed E-state index contributed by atoms with van der Waals surface area (Å²) in [6.07, 6.45) is 0. The topological polar surface area (TPSA) is 106 Å². The second kappa shape index (κ2) is 7.40. The van der Waals surface area contributed by atoms with Crippen LogP contribution in [0.3, 0.4) is 0 Å². The van der Waals surface area contributed by atoms with Crippen molar-refractivity contribution in [3.63, 3.8) is 0 Å². The van der Waals surface area contributed by atoms with Crippen molar-refractivity contribution in [2.45, 2.75) is 23.9 Å². The van der Waals surface area contributed by atoms with E-state index in [2.05, 4.69) is 27.5 Å². The van der Waals surface area contributed by atoms with Crippen LogP contribution in [-0.4, -0.2) is 25.8 Å². The van der Waals surface area contributed by atoms with E-state index in [1.54, 1.807) is 35.9 Å². The fourth-order valence-corrected chi connectivity index (χ4v) is 3.98. The van der Waals surface area contributed by atoms with Gasteiger partial charge >= 0.3 is 0 Å². The van der Waals surface area contributed by atoms with Gasteiger partial charge in [-0.3, -0.25) is 4.79 Å². The number of nitrogens with one attached hydrogen (secondary N) is 1. The fourth-order valence-electron chi connectivity index (χ4n) is 3.20. The summed E-state index contributed by atoms with van der Waals surface area (Å²) in [7, 11) is 0. The summed E-state index contributed by atoms with van der Waals surface area (Å²) in [5.41, 5.74) is 8.69. The number of carbonyl (C=O) groups is 1. The van der Waals surface area contributed by atoms with Gasteiger partial charge in [-0.05, 0) is 30.2 Å². The molecule has 0 bridgehead atoms. The molecular weight excluding hydrogens is 374 g/mol. The molecule has 1 atom stereocenters. The van der Waals surface area contributed by atoms with E-state index in [0.717, 1.165) is 11.3 Å². The maximum Gasteiger partial charge on any atom is 0.248 e. The standard InChI is InChI=1S/C20H19N5O2S/c1-12-16(18(21)27)17(14-7-9-15(26)10-8-14)25-19(22-12)23-20(24-25)28-11-13-5-3-2-4-6-13/h2-10,17,26H,11H2,1H3,(H2,21,27)(H,22,23,24)/t17-/m1/s1. The van der Waals surface area contributed by atoms with Crippen LogP contribution < -0.4 is 11.1 Å². The third-order valence-electron chi connectivity index (χ3n) is 4.52. The van der Waals surface area contributed by atoms with E-state index in [1.807, 2.05) is 18.2 Å². The van der Waals surface area contributed by atoms with Gasteiger partial charge in [0.05, 0.1) is 5.57 Å². The molecule has 0 radical (unpaired) electrons. The van der Waals surface area contributed by atoms with Crippen LogP contribution in [0.1, 0.15) is 24.1 Å². The van der Waals surface area contributed by atoms with Crippen molar-refractivity contribution >= 4 is 23.6 Å². The number of allylic oxidation sites excluding steroid dienone is 1. The zero-order chi connectivity index (χ0) is 19.7. The van der Waals surface area contributed by atoms with E-state index in [0.29, 0.717) is 22.4 Å². The van der Waals surface area contributed by atoms with Gasteiger partial charge in [-0.25, -0.2) is 4.68 Å². The third-order valence-corrected chi connectivity index (χ3v) is 5.43. The lowest BCUT2D eigenvalue weighted by Crippen LogP contribution is -2.31. The van der Waals surface area contributed by atoms with Crippen LogP contribution in [0.4, 0.5) is 5.95 Å². The van der Waals surface area contributed by atoms with Crippen LogP contribution in [0, 0.1) is 0 Å². The molecule has 2 heterocycles. The number of phenols is 1. The first kappa shape index (κ1) is 18.1. The maximum atomic E-state index is 12.2. The monoisotopic (exact) mass is 393 g/mol. The van der Waals surface area contributed by atoms with E-state index in [-0.39, 0.29) is 5.75 Å². The molecule has 4 N–H and O–H groups in total. The maximum absolute atomic E-state index is 12.2. The summed E-state index contributed by atoms with van der Waals surface area (Å²) in [5.74, 6) is 0.916. The van der Waals surface area contributed by atoms with E-state index in [9.17, 15) is 9.90 Å². The number of thioether (sulfide) groups is 1. The Labute approximate surface area is 166 Å². The van der Waals surface area contributed by atoms with Crippen molar-refractivity contribution in [2.75, 3.05) is 5.32 Å². The molecule has 8 heteroatoms. The van der Waals surface area contributed by atoms with Gasteiger partial charge in [0, 0.05) is 11.4 Å². The lowest BCUT2D eigenvalue weighted by atomic mass is 9.95. The number of anilines is 1. The van der Waals surface area contributed by atoms with Gasteiger partial charge in [0.25, 0.3) is 0 Å². The molecule has 1 aliphatic heterocycles. The highest BCUT2D eigenvalue weighted by Crippen LogP contribution is 2.36. The van der Waals surface area contributed by atoms with E-state index < -0.39 is 11.9 Å². The minimum atomic E-state index is -0.525. The first-order valence-electron chi connectivity index (χ1n) is 8.72. The zero-order valence-corrected chi connectivity index (χ0v) is 16.0. The van der Waals surface area contributed by atoms with E-state index >= 15 is 0 Å². The molecule has 1 aliphatic rings. The van der Waals surface area contributed by atoms with Crippen molar-refractivity contribution in [2.24, 2.45) is 5.73 Å². The van der Waals surface area contributed by atoms with Crippen LogP contribution in [0.25, 0.3) is 0 Å². The highest BCUT2D eigenvalue weighted by molar-refractivity contribution is 7.98. The Morgan fingerprint density at radius 2 is 1.93 bits per heavy atom. The molecule has 0 aliphatic carbocycles. The molecule has 1 amide bonds. The summed E-state index contributed by atoms with van der Waals surface area (Å²) in [4.78, 5) is 16.7. The van der Waals surface area contributed by atoms with Gasteiger partial charge < -0.3 is 16.2 Å². The molecule has 0 saturated carbocycles. The van der Waals surface area contributed by atoms with Gasteiger partial charge in [0.15, 0.2) is 0 Å². The van der Waals surface area contributed by atoms with Gasteiger partial charge in [0.2, 0.25) is 17.0 Å². The normalized spacial score (nSPS) is 15.8. The summed E-state index contributed by atoms with van der Waals surface area (Å²) in [6, 6.07) is 16.2. The molecule has 0 fully saturated rings. The number of aromatic hydroxyl groups is 1. The van der Waals surface area contributed by atoms with Crippen LogP contribution in [0.5, 0.6) is 5.75 Å². The Morgan fingerprint density at radius 1 is 1.21 bits per heavy atom. The Bertz CT molecular complexity index is 1040. The summed E-state index contributed by atoms with van der Waals surface area (Å²) in [5, 5.41) is 18.0. The second-order valence-corrected chi connectivity index (χ2v) is 7.40. The number of nitrogens with zero attached hydrogens (tertiary/aromatic N) is 3. The van der Waals surface area contributed by atoms with Crippen molar-refractivity contribution in [1.29, 1.82) is 0 Å². The number of benzene rings is 2. The molecule has 3 aromatic rings. The molecular formula is C20H19N5O2S. The average Bonchev–Trinajstić information content (AvgIpc) is 3.09. The number of fused-ring (bicyclic) bond motifs is 1. The third kappa shape index (κ3) is 3.46. The minimum absolute atomic E-state index is 0.150. The average molecular weight is 393 g/mol. The van der Waals surface area contributed by atoms with Gasteiger partial charge in [0.1, 0.15) is 11.8 Å². The quantitative estimate of drug-likeness (QED) is 0.575. The first-order valence-corrected chi connectivity index (χ1v) is 9.71.